The molecule has 0 saturated heterocycles. The molecule has 0 fully saturated rings. The molecule has 106 valence electrons. The second kappa shape index (κ2) is 4.99. The Kier molecular flexibility index (Phi) is 3.52. The molecule has 0 aliphatic carbocycles. The highest BCUT2D eigenvalue weighted by molar-refractivity contribution is 5.82. The maximum atomic E-state index is 12.2. The molecule has 4 nitrogen and oxygen atoms in total. The molecule has 0 bridgehead atoms. The van der Waals surface area contributed by atoms with E-state index in [0.717, 1.165) is 5.56 Å². The zero-order valence-corrected chi connectivity index (χ0v) is 10.8. The molecule has 0 spiro atoms. The Hall–Kier alpha value is -2.31. The Morgan fingerprint density at radius 2 is 1.70 bits per heavy atom. The molecule has 7 heteroatoms. The van der Waals surface area contributed by atoms with Gasteiger partial charge in [0.25, 0.3) is 0 Å². The highest BCUT2D eigenvalue weighted by Gasteiger charge is 2.38. The van der Waals surface area contributed by atoms with Gasteiger partial charge in [0.05, 0.1) is 5.69 Å². The molecule has 20 heavy (non-hydrogen) atoms. The second-order valence-electron chi connectivity index (χ2n) is 4.22. The first-order chi connectivity index (χ1) is 9.30. The lowest BCUT2D eigenvalue weighted by molar-refractivity contribution is -0.169. The Morgan fingerprint density at radius 1 is 1.10 bits per heavy atom. The molecule has 0 radical (unpaired) electrons. The third kappa shape index (κ3) is 2.66. The maximum absolute atomic E-state index is 12.2. The zero-order chi connectivity index (χ0) is 14.9. The number of aromatic nitrogens is 2. The van der Waals surface area contributed by atoms with Gasteiger partial charge in [0.15, 0.2) is 5.49 Å². The van der Waals surface area contributed by atoms with Crippen LogP contribution in [0, 0.1) is 0 Å². The summed E-state index contributed by atoms with van der Waals surface area (Å²) < 4.78 is 39.7. The largest absolute Gasteiger partial charge is 0.473 e. The molecule has 0 aliphatic rings. The summed E-state index contributed by atoms with van der Waals surface area (Å²) in [5.41, 5.74) is 1.45. The first-order valence-corrected chi connectivity index (χ1v) is 5.75. The summed E-state index contributed by atoms with van der Waals surface area (Å²) in [5, 5.41) is 0. The lowest BCUT2D eigenvalue weighted by Crippen LogP contribution is -2.26. The molecule has 1 amide bonds. The average Bonchev–Trinajstić information content (AvgIpc) is 2.67. The van der Waals surface area contributed by atoms with Gasteiger partial charge in [-0.15, -0.1) is 0 Å². The molecule has 1 aromatic heterocycles. The number of hydrogen-bond donors (Lipinski definition) is 0. The topological polar surface area (TPSA) is 39.3 Å². The van der Waals surface area contributed by atoms with Gasteiger partial charge in [-0.25, -0.2) is 0 Å². The predicted octanol–water partition coefficient (Wildman–Crippen LogP) is 2.02. The van der Waals surface area contributed by atoms with Crippen LogP contribution in [-0.4, -0.2) is 21.4 Å². The smallest absolute Gasteiger partial charge is 0.287 e. The summed E-state index contributed by atoms with van der Waals surface area (Å²) >= 11 is 0. The maximum Gasteiger partial charge on any atom is 0.473 e. The Labute approximate surface area is 112 Å². The SMILES string of the molecule is Cn1c(-c2ccccc2)c/c(=N/C(=O)C(F)(F)F)n1C. The molecule has 1 heterocycles. The van der Waals surface area contributed by atoms with Crippen molar-refractivity contribution in [1.29, 1.82) is 0 Å². The van der Waals surface area contributed by atoms with Gasteiger partial charge < -0.3 is 0 Å². The zero-order valence-electron chi connectivity index (χ0n) is 10.8. The standard InChI is InChI=1S/C13H12F3N3O/c1-18-10(9-6-4-3-5-7-9)8-11(19(18)2)17-12(20)13(14,15)16/h3-8H,1-2H3/b17-11-. The van der Waals surface area contributed by atoms with Gasteiger partial charge in [-0.2, -0.15) is 18.2 Å². The summed E-state index contributed by atoms with van der Waals surface area (Å²) in [5.74, 6) is -2.11. The highest BCUT2D eigenvalue weighted by Crippen LogP contribution is 2.18. The molecular formula is C13H12F3N3O. The minimum atomic E-state index is -4.96. The average molecular weight is 283 g/mol. The predicted molar refractivity (Wildman–Crippen MR) is 66.4 cm³/mol. The van der Waals surface area contributed by atoms with Crippen molar-refractivity contribution in [2.24, 2.45) is 19.1 Å². The van der Waals surface area contributed by atoms with Gasteiger partial charge in [0, 0.05) is 20.2 Å². The van der Waals surface area contributed by atoms with Gasteiger partial charge in [-0.05, 0) is 5.56 Å². The summed E-state index contributed by atoms with van der Waals surface area (Å²) in [7, 11) is 3.22. The van der Waals surface area contributed by atoms with E-state index in [2.05, 4.69) is 4.99 Å². The van der Waals surface area contributed by atoms with Crippen LogP contribution in [0.15, 0.2) is 41.4 Å². The molecular weight excluding hydrogens is 271 g/mol. The van der Waals surface area contributed by atoms with Gasteiger partial charge in [0.1, 0.15) is 0 Å². The summed E-state index contributed by atoms with van der Waals surface area (Å²) in [6.07, 6.45) is -4.96. The molecule has 0 N–H and O–H groups in total. The third-order valence-electron chi connectivity index (χ3n) is 2.92. The van der Waals surface area contributed by atoms with Gasteiger partial charge >= 0.3 is 12.1 Å². The number of hydrogen-bond acceptors (Lipinski definition) is 1. The van der Waals surface area contributed by atoms with Crippen molar-refractivity contribution in [2.45, 2.75) is 6.18 Å². The van der Waals surface area contributed by atoms with Crippen LogP contribution in [0.1, 0.15) is 0 Å². The fourth-order valence-corrected chi connectivity index (χ4v) is 1.78. The third-order valence-corrected chi connectivity index (χ3v) is 2.92. The van der Waals surface area contributed by atoms with Crippen LogP contribution in [0.25, 0.3) is 11.3 Å². The van der Waals surface area contributed by atoms with E-state index in [-0.39, 0.29) is 5.49 Å². The van der Waals surface area contributed by atoms with E-state index in [9.17, 15) is 18.0 Å². The number of halogens is 3. The van der Waals surface area contributed by atoms with Crippen LogP contribution in [0.3, 0.4) is 0 Å². The van der Waals surface area contributed by atoms with Gasteiger partial charge in [0.2, 0.25) is 0 Å². The van der Waals surface area contributed by atoms with Crippen molar-refractivity contribution in [2.75, 3.05) is 0 Å². The van der Waals surface area contributed by atoms with E-state index in [1.165, 1.54) is 17.8 Å². The summed E-state index contributed by atoms with van der Waals surface area (Å²) in [6, 6.07) is 10.6. The van der Waals surface area contributed by atoms with E-state index < -0.39 is 12.1 Å². The normalized spacial score (nSPS) is 12.8. The van der Waals surface area contributed by atoms with Gasteiger partial charge in [-0.3, -0.25) is 14.2 Å². The fourth-order valence-electron chi connectivity index (χ4n) is 1.78. The minimum Gasteiger partial charge on any atom is -0.287 e. The monoisotopic (exact) mass is 283 g/mol. The van der Waals surface area contributed by atoms with Crippen molar-refractivity contribution in [3.8, 4) is 11.3 Å². The van der Waals surface area contributed by atoms with Crippen LogP contribution in [0.4, 0.5) is 13.2 Å². The lowest BCUT2D eigenvalue weighted by atomic mass is 10.1. The Bertz CT molecular complexity index is 696. The van der Waals surface area contributed by atoms with Crippen molar-refractivity contribution < 1.29 is 18.0 Å². The van der Waals surface area contributed by atoms with E-state index in [4.69, 9.17) is 0 Å². The van der Waals surface area contributed by atoms with Gasteiger partial charge in [-0.1, -0.05) is 30.3 Å². The lowest BCUT2D eigenvalue weighted by Gasteiger charge is -2.05. The number of benzene rings is 1. The minimum absolute atomic E-state index is 0.0475. The number of alkyl halides is 3. The number of carbonyl (C=O) groups excluding carboxylic acids is 1. The van der Waals surface area contributed by atoms with Crippen LogP contribution < -0.4 is 5.49 Å². The summed E-state index contributed by atoms with van der Waals surface area (Å²) in [6.45, 7) is 0. The number of nitrogens with zero attached hydrogens (tertiary/aromatic N) is 3. The number of carbonyl (C=O) groups is 1. The van der Waals surface area contributed by atoms with Crippen molar-refractivity contribution in [1.82, 2.24) is 9.36 Å². The van der Waals surface area contributed by atoms with Crippen LogP contribution in [0.2, 0.25) is 0 Å². The second-order valence-corrected chi connectivity index (χ2v) is 4.22. The number of amides is 1. The molecule has 1 aromatic carbocycles. The van der Waals surface area contributed by atoms with Crippen molar-refractivity contribution in [3.05, 3.63) is 41.9 Å². The van der Waals surface area contributed by atoms with Crippen LogP contribution in [0.5, 0.6) is 0 Å². The van der Waals surface area contributed by atoms with Crippen molar-refractivity contribution >= 4 is 5.91 Å². The molecule has 0 saturated carbocycles. The molecule has 2 aromatic rings. The molecule has 2 rings (SSSR count). The van der Waals surface area contributed by atoms with Crippen molar-refractivity contribution in [3.63, 3.8) is 0 Å². The Morgan fingerprint density at radius 3 is 2.25 bits per heavy atom. The quantitative estimate of drug-likeness (QED) is 0.789. The first-order valence-electron chi connectivity index (χ1n) is 5.75. The van der Waals surface area contributed by atoms with E-state index >= 15 is 0 Å². The highest BCUT2D eigenvalue weighted by atomic mass is 19.4. The van der Waals surface area contributed by atoms with Crippen LogP contribution >= 0.6 is 0 Å². The first kappa shape index (κ1) is 14.1. The number of rotatable bonds is 1. The molecule has 0 atom stereocenters. The molecule has 0 unspecified atom stereocenters. The molecule has 0 aliphatic heterocycles. The van der Waals surface area contributed by atoms with E-state index in [1.807, 2.05) is 30.3 Å². The van der Waals surface area contributed by atoms with Crippen LogP contribution in [-0.2, 0) is 18.9 Å². The summed E-state index contributed by atoms with van der Waals surface area (Å²) in [4.78, 5) is 14.0. The Balaban J connectivity index is 2.54. The fraction of sp³-hybridized carbons (Fsp3) is 0.231. The van der Waals surface area contributed by atoms with E-state index in [0.29, 0.717) is 5.69 Å². The van der Waals surface area contributed by atoms with E-state index in [1.54, 1.807) is 11.7 Å².